The number of fused-ring (bicyclic) bond motifs is 1. The molecule has 1 amide bonds. The Kier molecular flexibility index (Phi) is 4.39. The molecule has 0 atom stereocenters. The van der Waals surface area contributed by atoms with E-state index < -0.39 is 0 Å². The van der Waals surface area contributed by atoms with Crippen LogP contribution < -0.4 is 0 Å². The van der Waals surface area contributed by atoms with Crippen LogP contribution in [0.2, 0.25) is 0 Å². The topological polar surface area (TPSA) is 51.0 Å². The minimum Gasteiger partial charge on any atom is -0.338 e. The Labute approximate surface area is 146 Å². The van der Waals surface area contributed by atoms with Crippen molar-refractivity contribution in [2.24, 2.45) is 0 Å². The lowest BCUT2D eigenvalue weighted by Crippen LogP contribution is -2.38. The van der Waals surface area contributed by atoms with Crippen LogP contribution in [0.5, 0.6) is 0 Å². The van der Waals surface area contributed by atoms with Crippen molar-refractivity contribution >= 4 is 17.2 Å². The number of carbonyl (C=O) groups excluding carboxylic acids is 1. The lowest BCUT2D eigenvalue weighted by atomic mass is 9.95. The van der Waals surface area contributed by atoms with E-state index in [1.165, 1.54) is 23.3 Å². The van der Waals surface area contributed by atoms with Crippen molar-refractivity contribution in [1.29, 1.82) is 0 Å². The van der Waals surface area contributed by atoms with Crippen molar-refractivity contribution < 1.29 is 4.79 Å². The summed E-state index contributed by atoms with van der Waals surface area (Å²) in [4.78, 5) is 17.2. The van der Waals surface area contributed by atoms with E-state index in [1.807, 2.05) is 11.2 Å². The van der Waals surface area contributed by atoms with Gasteiger partial charge in [-0.3, -0.25) is 4.79 Å². The van der Waals surface area contributed by atoms with E-state index in [4.69, 9.17) is 0 Å². The van der Waals surface area contributed by atoms with Crippen LogP contribution >= 0.6 is 11.3 Å². The summed E-state index contributed by atoms with van der Waals surface area (Å²) in [6, 6.07) is 2.15. The quantitative estimate of drug-likeness (QED) is 0.859. The van der Waals surface area contributed by atoms with Gasteiger partial charge in [-0.25, -0.2) is 0 Å². The first-order valence-corrected chi connectivity index (χ1v) is 9.86. The number of likely N-dealkylation sites (tertiary alicyclic amines) is 1. The summed E-state index contributed by atoms with van der Waals surface area (Å²) in [5.41, 5.74) is 1.42. The van der Waals surface area contributed by atoms with Crippen LogP contribution in [0.3, 0.4) is 0 Å². The molecule has 0 aromatic carbocycles. The van der Waals surface area contributed by atoms with E-state index in [0.717, 1.165) is 56.0 Å². The molecule has 1 aliphatic carbocycles. The molecule has 1 aliphatic heterocycles. The van der Waals surface area contributed by atoms with E-state index in [9.17, 15) is 4.79 Å². The molecule has 3 heterocycles. The Morgan fingerprint density at radius 2 is 2.08 bits per heavy atom. The van der Waals surface area contributed by atoms with Crippen LogP contribution in [0.15, 0.2) is 12.4 Å². The van der Waals surface area contributed by atoms with Gasteiger partial charge in [-0.1, -0.05) is 0 Å². The third kappa shape index (κ3) is 2.88. The largest absolute Gasteiger partial charge is 0.338 e. The summed E-state index contributed by atoms with van der Waals surface area (Å²) in [5, 5.41) is 8.34. The highest BCUT2D eigenvalue weighted by Crippen LogP contribution is 2.32. The summed E-state index contributed by atoms with van der Waals surface area (Å²) in [6.45, 7) is 4.66. The number of thiophene rings is 1. The van der Waals surface area contributed by atoms with Crippen LogP contribution in [0.25, 0.3) is 0 Å². The van der Waals surface area contributed by atoms with E-state index >= 15 is 0 Å². The van der Waals surface area contributed by atoms with Crippen molar-refractivity contribution in [1.82, 2.24) is 19.7 Å². The van der Waals surface area contributed by atoms with Crippen LogP contribution in [0, 0.1) is 0 Å². The van der Waals surface area contributed by atoms with Crippen molar-refractivity contribution in [3.05, 3.63) is 33.5 Å². The van der Waals surface area contributed by atoms with Crippen molar-refractivity contribution in [3.8, 4) is 0 Å². The molecule has 0 radical (unpaired) electrons. The molecule has 2 aromatic heterocycles. The summed E-state index contributed by atoms with van der Waals surface area (Å²) < 4.78 is 2.12. The summed E-state index contributed by atoms with van der Waals surface area (Å²) in [5.74, 6) is 1.73. The molecular weight excluding hydrogens is 320 g/mol. The molecule has 0 spiro atoms. The molecule has 1 fully saturated rings. The number of nitrogens with zero attached hydrogens (tertiary/aromatic N) is 4. The minimum atomic E-state index is 0.227. The van der Waals surface area contributed by atoms with Crippen LogP contribution in [0.1, 0.15) is 64.5 Å². The fourth-order valence-corrected chi connectivity index (χ4v) is 5.14. The van der Waals surface area contributed by atoms with Gasteiger partial charge >= 0.3 is 0 Å². The lowest BCUT2D eigenvalue weighted by molar-refractivity contribution is 0.0715. The zero-order chi connectivity index (χ0) is 16.5. The third-order valence-electron chi connectivity index (χ3n) is 5.34. The number of amides is 1. The number of hydrogen-bond acceptors (Lipinski definition) is 4. The Morgan fingerprint density at radius 3 is 2.83 bits per heavy atom. The molecule has 128 valence electrons. The molecule has 0 saturated carbocycles. The van der Waals surface area contributed by atoms with Crippen LogP contribution in [-0.2, 0) is 19.4 Å². The van der Waals surface area contributed by atoms with Gasteiger partial charge < -0.3 is 9.47 Å². The van der Waals surface area contributed by atoms with Gasteiger partial charge in [-0.15, -0.1) is 21.5 Å². The Balaban J connectivity index is 1.42. The Morgan fingerprint density at radius 1 is 1.29 bits per heavy atom. The molecule has 0 unspecified atom stereocenters. The molecule has 0 N–H and O–H groups in total. The number of rotatable bonds is 3. The van der Waals surface area contributed by atoms with Gasteiger partial charge in [0.25, 0.3) is 5.91 Å². The molecule has 4 rings (SSSR count). The lowest BCUT2D eigenvalue weighted by Gasteiger charge is -2.31. The van der Waals surface area contributed by atoms with E-state index in [0.29, 0.717) is 5.92 Å². The van der Waals surface area contributed by atoms with E-state index in [-0.39, 0.29) is 5.91 Å². The summed E-state index contributed by atoms with van der Waals surface area (Å²) in [6.07, 6.45) is 8.61. The first-order valence-electron chi connectivity index (χ1n) is 9.05. The Bertz CT molecular complexity index is 704. The average Bonchev–Trinajstić information content (AvgIpc) is 3.27. The van der Waals surface area contributed by atoms with E-state index in [1.54, 1.807) is 11.3 Å². The first-order chi connectivity index (χ1) is 11.8. The smallest absolute Gasteiger partial charge is 0.263 e. The monoisotopic (exact) mass is 344 g/mol. The summed E-state index contributed by atoms with van der Waals surface area (Å²) >= 11 is 1.72. The second kappa shape index (κ2) is 6.67. The maximum absolute atomic E-state index is 12.8. The molecule has 1 saturated heterocycles. The zero-order valence-corrected chi connectivity index (χ0v) is 15.0. The number of hydrogen-bond donors (Lipinski definition) is 0. The van der Waals surface area contributed by atoms with Gasteiger partial charge in [0.1, 0.15) is 12.2 Å². The molecule has 2 aliphatic rings. The van der Waals surface area contributed by atoms with Crippen LogP contribution in [-0.4, -0.2) is 38.7 Å². The second-order valence-electron chi connectivity index (χ2n) is 6.81. The fraction of sp³-hybridized carbons (Fsp3) is 0.611. The number of carbonyl (C=O) groups is 1. The highest BCUT2D eigenvalue weighted by molar-refractivity contribution is 7.14. The predicted octanol–water partition coefficient (Wildman–Crippen LogP) is 3.26. The minimum absolute atomic E-state index is 0.227. The van der Waals surface area contributed by atoms with E-state index in [2.05, 4.69) is 27.8 Å². The van der Waals surface area contributed by atoms with Crippen molar-refractivity contribution in [2.75, 3.05) is 13.1 Å². The van der Waals surface area contributed by atoms with Gasteiger partial charge in [-0.05, 0) is 57.1 Å². The van der Waals surface area contributed by atoms with Crippen LogP contribution in [0.4, 0.5) is 0 Å². The highest BCUT2D eigenvalue weighted by Gasteiger charge is 2.28. The molecular formula is C18H24N4OS. The normalized spacial score (nSPS) is 18.6. The van der Waals surface area contributed by atoms with Crippen molar-refractivity contribution in [2.45, 2.75) is 57.9 Å². The molecule has 5 nitrogen and oxygen atoms in total. The molecule has 0 bridgehead atoms. The molecule has 2 aromatic rings. The summed E-state index contributed by atoms with van der Waals surface area (Å²) in [7, 11) is 0. The first kappa shape index (κ1) is 15.8. The zero-order valence-electron chi connectivity index (χ0n) is 14.2. The van der Waals surface area contributed by atoms with Gasteiger partial charge in [0.15, 0.2) is 0 Å². The second-order valence-corrected chi connectivity index (χ2v) is 7.94. The average molecular weight is 344 g/mol. The number of aryl methyl sites for hydroxylation is 3. The number of piperidine rings is 1. The molecule has 6 heteroatoms. The SMILES string of the molecule is CCn1cnnc1C1CCN(C(=O)c2cc3c(s2)CCCC3)CC1. The predicted molar refractivity (Wildman–Crippen MR) is 94.5 cm³/mol. The maximum Gasteiger partial charge on any atom is 0.263 e. The Hall–Kier alpha value is -1.69. The number of aromatic nitrogens is 3. The van der Waals surface area contributed by atoms with Gasteiger partial charge in [-0.2, -0.15) is 0 Å². The van der Waals surface area contributed by atoms with Gasteiger partial charge in [0, 0.05) is 30.4 Å². The van der Waals surface area contributed by atoms with Gasteiger partial charge in [0.05, 0.1) is 4.88 Å². The maximum atomic E-state index is 12.8. The highest BCUT2D eigenvalue weighted by atomic mass is 32.1. The third-order valence-corrected chi connectivity index (χ3v) is 6.57. The fourth-order valence-electron chi connectivity index (χ4n) is 3.92. The van der Waals surface area contributed by atoms with Gasteiger partial charge in [0.2, 0.25) is 0 Å². The van der Waals surface area contributed by atoms with Crippen molar-refractivity contribution in [3.63, 3.8) is 0 Å². The standard InChI is InChI=1S/C18H24N4OS/c1-2-21-12-19-20-17(21)13-7-9-22(10-8-13)18(23)16-11-14-5-3-4-6-15(14)24-16/h11-13H,2-10H2,1H3. The molecule has 24 heavy (non-hydrogen) atoms.